The van der Waals surface area contributed by atoms with Crippen molar-refractivity contribution in [3.05, 3.63) is 0 Å². The normalized spacial score (nSPS) is 13.4. The number of rotatable bonds is 117. The van der Waals surface area contributed by atoms with E-state index >= 15 is 0 Å². The Morgan fingerprint density at radius 1 is 0.156 bits per heavy atom. The van der Waals surface area contributed by atoms with Gasteiger partial charge in [-0.2, -0.15) is 0 Å². The van der Waals surface area contributed by atoms with Crippen LogP contribution in [-0.2, 0) is 190 Å². The standard InChI is InChI=1S/C86H172N2O40/c1-85(2)84(89)88(86(3,4)87-85)6-7-91-10-11-93-14-15-95-18-19-97-22-23-99-26-27-101-30-31-103-34-35-105-38-39-107-42-43-109-46-47-111-50-51-113-54-55-115-58-59-117-62-63-119-66-67-121-70-71-123-74-75-125-78-79-127-82-83-128-81-80-126-77-76-124-73-72-122-69-68-120-65-64-118-61-60-116-57-56-114-53-52-112-49-48-110-45-44-108-41-40-106-37-36-104-33-32-102-29-28-100-25-24-98-21-20-96-17-16-94-13-12-92-9-8-90-5/h87H,6-83H2,1-5H3. The number of hydrogen-bond donors (Lipinski definition) is 1. The minimum Gasteiger partial charge on any atom is -0.382 e. The Labute approximate surface area is 764 Å². The van der Waals surface area contributed by atoms with Crippen LogP contribution in [0.15, 0.2) is 0 Å². The molecule has 1 aliphatic heterocycles. The molecule has 0 aromatic carbocycles. The largest absolute Gasteiger partial charge is 0.382 e. The summed E-state index contributed by atoms with van der Waals surface area (Å²) in [6.45, 7) is 45.5. The van der Waals surface area contributed by atoms with Crippen LogP contribution in [0.4, 0.5) is 0 Å². The molecular weight excluding hydrogens is 1700 g/mol. The first-order chi connectivity index (χ1) is 63.3. The molecule has 0 aromatic rings. The fourth-order valence-corrected chi connectivity index (χ4v) is 10.4. The quantitative estimate of drug-likeness (QED) is 0.0836. The van der Waals surface area contributed by atoms with Crippen LogP contribution in [0.1, 0.15) is 27.7 Å². The molecule has 1 amide bonds. The Bertz CT molecular complexity index is 2010. The smallest absolute Gasteiger partial charge is 0.243 e. The zero-order valence-corrected chi connectivity index (χ0v) is 78.9. The van der Waals surface area contributed by atoms with Crippen LogP contribution in [0.3, 0.4) is 0 Å². The predicted octanol–water partition coefficient (Wildman–Crippen LogP) is 1.21. The van der Waals surface area contributed by atoms with Crippen LogP contribution in [0.5, 0.6) is 0 Å². The molecule has 0 atom stereocenters. The first-order valence-corrected chi connectivity index (χ1v) is 45.9. The lowest BCUT2D eigenvalue weighted by atomic mass is 10.1. The van der Waals surface area contributed by atoms with E-state index in [0.717, 1.165) is 0 Å². The summed E-state index contributed by atoms with van der Waals surface area (Å²) in [6, 6.07) is 0. The Hall–Kier alpha value is -2.13. The predicted molar refractivity (Wildman–Crippen MR) is 466 cm³/mol. The Kier molecular flexibility index (Phi) is 103. The molecule has 0 saturated carbocycles. The van der Waals surface area contributed by atoms with E-state index in [1.807, 2.05) is 32.6 Å². The van der Waals surface area contributed by atoms with E-state index in [1.54, 1.807) is 7.11 Å². The summed E-state index contributed by atoms with van der Waals surface area (Å²) in [5, 5.41) is 3.35. The second-order valence-corrected chi connectivity index (χ2v) is 28.0. The molecule has 128 heavy (non-hydrogen) atoms. The number of hydrogen-bond acceptors (Lipinski definition) is 41. The van der Waals surface area contributed by atoms with Crippen molar-refractivity contribution in [2.75, 3.05) is 522 Å². The van der Waals surface area contributed by atoms with Crippen LogP contribution in [0.25, 0.3) is 0 Å². The molecule has 1 saturated heterocycles. The lowest BCUT2D eigenvalue weighted by Crippen LogP contribution is -2.49. The molecule has 1 fully saturated rings. The van der Waals surface area contributed by atoms with Gasteiger partial charge in [-0.05, 0) is 27.7 Å². The number of nitrogens with zero attached hydrogens (tertiary/aromatic N) is 1. The minimum atomic E-state index is -0.564. The van der Waals surface area contributed by atoms with Gasteiger partial charge in [0.05, 0.1) is 520 Å². The van der Waals surface area contributed by atoms with E-state index in [9.17, 15) is 4.79 Å². The Balaban J connectivity index is 1.58. The Morgan fingerprint density at radius 3 is 0.320 bits per heavy atom. The molecule has 0 aromatic heterocycles. The number of nitrogens with one attached hydrogen (secondary N) is 1. The molecule has 0 bridgehead atoms. The fraction of sp³-hybridized carbons (Fsp3) is 0.988. The van der Waals surface area contributed by atoms with E-state index in [-0.39, 0.29) is 5.91 Å². The molecule has 1 aliphatic rings. The zero-order valence-electron chi connectivity index (χ0n) is 78.9. The average Bonchev–Trinajstić information content (AvgIpc) is 1.62. The fourth-order valence-electron chi connectivity index (χ4n) is 10.4. The highest BCUT2D eigenvalue weighted by atomic mass is 16.6. The van der Waals surface area contributed by atoms with E-state index in [1.165, 1.54) is 0 Å². The van der Waals surface area contributed by atoms with E-state index in [4.69, 9.17) is 185 Å². The van der Waals surface area contributed by atoms with Gasteiger partial charge in [0.15, 0.2) is 0 Å². The summed E-state index contributed by atoms with van der Waals surface area (Å²) in [6.07, 6.45) is 0. The summed E-state index contributed by atoms with van der Waals surface area (Å²) in [5.41, 5.74) is -0.961. The maximum Gasteiger partial charge on any atom is 0.243 e. The van der Waals surface area contributed by atoms with Crippen molar-refractivity contribution in [2.24, 2.45) is 0 Å². The molecule has 766 valence electrons. The lowest BCUT2D eigenvalue weighted by molar-refractivity contribution is -0.134. The van der Waals surface area contributed by atoms with Gasteiger partial charge in [0.1, 0.15) is 0 Å². The second kappa shape index (κ2) is 107. The summed E-state index contributed by atoms with van der Waals surface area (Å²) >= 11 is 0. The SMILES string of the molecule is COCCOCCOCCOCCOCCOCCOCCOCCOCCOCCOCCOCCOCCOCCOCCOCCOCCOCCOCCOCCOCCOCCOCCOCCOCCOCCOCCOCCOCCOCCOCCOCCOCCOCCOCCOCCOCCOCCOCCN1C(=O)C(C)(C)NC1(C)C. The summed E-state index contributed by atoms with van der Waals surface area (Å²) < 4.78 is 215. The van der Waals surface area contributed by atoms with Crippen molar-refractivity contribution in [3.63, 3.8) is 0 Å². The van der Waals surface area contributed by atoms with Gasteiger partial charge >= 0.3 is 0 Å². The maximum absolute atomic E-state index is 12.6. The highest BCUT2D eigenvalue weighted by Gasteiger charge is 2.49. The zero-order chi connectivity index (χ0) is 91.6. The number of ether oxygens (including phenoxy) is 39. The molecule has 1 heterocycles. The third kappa shape index (κ3) is 98.4. The van der Waals surface area contributed by atoms with Crippen molar-refractivity contribution in [2.45, 2.75) is 38.9 Å². The monoisotopic (exact) mass is 1870 g/mol. The number of carbonyl (C=O) groups excluding carboxylic acids is 1. The molecule has 0 aliphatic carbocycles. The molecule has 1 N–H and O–H groups in total. The summed E-state index contributed by atoms with van der Waals surface area (Å²) in [5.74, 6) is 0.0812. The van der Waals surface area contributed by atoms with E-state index in [2.05, 4.69) is 5.32 Å². The van der Waals surface area contributed by atoms with E-state index in [0.29, 0.717) is 515 Å². The molecular formula is C86H172N2O40. The number of methoxy groups -OCH3 is 1. The van der Waals surface area contributed by atoms with Gasteiger partial charge in [-0.3, -0.25) is 10.1 Å². The maximum atomic E-state index is 12.6. The molecule has 42 heteroatoms. The average molecular weight is 1870 g/mol. The van der Waals surface area contributed by atoms with Gasteiger partial charge in [-0.25, -0.2) is 0 Å². The highest BCUT2D eigenvalue weighted by molar-refractivity contribution is 5.88. The van der Waals surface area contributed by atoms with Gasteiger partial charge in [0.25, 0.3) is 0 Å². The van der Waals surface area contributed by atoms with Crippen LogP contribution in [-0.4, -0.2) is 544 Å². The first-order valence-electron chi connectivity index (χ1n) is 45.9. The molecule has 0 unspecified atom stereocenters. The van der Waals surface area contributed by atoms with Gasteiger partial charge in [0, 0.05) is 13.7 Å². The second-order valence-electron chi connectivity index (χ2n) is 28.0. The molecule has 42 nitrogen and oxygen atoms in total. The van der Waals surface area contributed by atoms with Crippen molar-refractivity contribution >= 4 is 5.91 Å². The lowest BCUT2D eigenvalue weighted by Gasteiger charge is -2.31. The van der Waals surface area contributed by atoms with Crippen LogP contribution >= 0.6 is 0 Å². The van der Waals surface area contributed by atoms with Gasteiger partial charge in [0.2, 0.25) is 5.91 Å². The van der Waals surface area contributed by atoms with Crippen molar-refractivity contribution in [1.82, 2.24) is 10.2 Å². The van der Waals surface area contributed by atoms with Crippen molar-refractivity contribution in [3.8, 4) is 0 Å². The van der Waals surface area contributed by atoms with Crippen molar-refractivity contribution < 1.29 is 190 Å². The van der Waals surface area contributed by atoms with Gasteiger partial charge in [-0.1, -0.05) is 0 Å². The van der Waals surface area contributed by atoms with Gasteiger partial charge in [-0.15, -0.1) is 0 Å². The van der Waals surface area contributed by atoms with Crippen molar-refractivity contribution in [1.29, 1.82) is 0 Å². The van der Waals surface area contributed by atoms with Crippen LogP contribution in [0.2, 0.25) is 0 Å². The van der Waals surface area contributed by atoms with Gasteiger partial charge < -0.3 is 190 Å². The van der Waals surface area contributed by atoms with Crippen LogP contribution < -0.4 is 5.32 Å². The molecule has 0 radical (unpaired) electrons. The Morgan fingerprint density at radius 2 is 0.242 bits per heavy atom. The number of carbonyl (C=O) groups is 1. The first kappa shape index (κ1) is 124. The topological polar surface area (TPSA) is 392 Å². The minimum absolute atomic E-state index is 0.0812. The molecule has 1 rings (SSSR count). The summed E-state index contributed by atoms with van der Waals surface area (Å²) in [4.78, 5) is 14.4. The number of amides is 1. The molecule has 0 spiro atoms. The third-order valence-electron chi connectivity index (χ3n) is 16.7. The summed E-state index contributed by atoms with van der Waals surface area (Å²) in [7, 11) is 1.64. The third-order valence-corrected chi connectivity index (χ3v) is 16.7. The highest BCUT2D eigenvalue weighted by Crippen LogP contribution is 2.27. The van der Waals surface area contributed by atoms with Crippen LogP contribution in [0, 0.1) is 0 Å². The van der Waals surface area contributed by atoms with E-state index < -0.39 is 11.2 Å².